The number of halogens is 1. The van der Waals surface area contributed by atoms with Crippen molar-refractivity contribution in [2.24, 2.45) is 0 Å². The number of nitrogens with zero attached hydrogens (tertiary/aromatic N) is 3. The summed E-state index contributed by atoms with van der Waals surface area (Å²) in [6.07, 6.45) is 2.08. The number of fused-ring (bicyclic) bond motifs is 1. The van der Waals surface area contributed by atoms with Gasteiger partial charge in [-0.05, 0) is 60.9 Å². The molecule has 1 amide bonds. The summed E-state index contributed by atoms with van der Waals surface area (Å²) < 4.78 is 23.0. The summed E-state index contributed by atoms with van der Waals surface area (Å²) in [6.45, 7) is 0.591. The molecule has 0 saturated carbocycles. The lowest BCUT2D eigenvalue weighted by Crippen LogP contribution is -2.28. The number of methoxy groups -OCH3 is 1. The Morgan fingerprint density at radius 1 is 1.20 bits per heavy atom. The first-order chi connectivity index (χ1) is 14.5. The van der Waals surface area contributed by atoms with Gasteiger partial charge in [0.05, 0.1) is 12.7 Å². The lowest BCUT2D eigenvalue weighted by atomic mass is 10.1. The Hall–Kier alpha value is -3.55. The maximum atomic E-state index is 13.0. The number of amides is 1. The van der Waals surface area contributed by atoms with Gasteiger partial charge in [-0.1, -0.05) is 5.16 Å². The molecule has 0 bridgehead atoms. The molecule has 0 saturated heterocycles. The highest BCUT2D eigenvalue weighted by Crippen LogP contribution is 2.30. The molecule has 1 aromatic heterocycles. The molecule has 0 N–H and O–H groups in total. The van der Waals surface area contributed by atoms with E-state index in [4.69, 9.17) is 9.26 Å². The van der Waals surface area contributed by atoms with Gasteiger partial charge in [0.15, 0.2) is 0 Å². The number of esters is 1. The van der Waals surface area contributed by atoms with Crippen LogP contribution in [0.1, 0.15) is 34.7 Å². The van der Waals surface area contributed by atoms with E-state index in [2.05, 4.69) is 10.1 Å². The average molecular weight is 409 g/mol. The van der Waals surface area contributed by atoms with E-state index >= 15 is 0 Å². The fraction of sp³-hybridized carbons (Fsp3) is 0.273. The van der Waals surface area contributed by atoms with Gasteiger partial charge in [-0.2, -0.15) is 4.98 Å². The Balaban J connectivity index is 1.33. The van der Waals surface area contributed by atoms with Gasteiger partial charge in [-0.25, -0.2) is 9.18 Å². The SMILES string of the molecule is COC(=O)c1ccc2c(c1)CCN2C(=O)CCCc1nc(-c2ccc(F)cc2)no1. The monoisotopic (exact) mass is 409 g/mol. The minimum absolute atomic E-state index is 0.0119. The summed E-state index contributed by atoms with van der Waals surface area (Å²) in [4.78, 5) is 30.4. The largest absolute Gasteiger partial charge is 0.465 e. The number of hydrogen-bond donors (Lipinski definition) is 0. The highest BCUT2D eigenvalue weighted by atomic mass is 19.1. The number of ether oxygens (including phenoxy) is 1. The zero-order valence-corrected chi connectivity index (χ0v) is 16.4. The van der Waals surface area contributed by atoms with Crippen molar-refractivity contribution in [2.75, 3.05) is 18.6 Å². The molecule has 1 aliphatic heterocycles. The number of anilines is 1. The summed E-state index contributed by atoms with van der Waals surface area (Å²) in [5.41, 5.74) is 2.96. The van der Waals surface area contributed by atoms with Crippen LogP contribution in [0.25, 0.3) is 11.4 Å². The number of carbonyl (C=O) groups is 2. The summed E-state index contributed by atoms with van der Waals surface area (Å²) in [5, 5.41) is 3.91. The zero-order valence-electron chi connectivity index (χ0n) is 16.4. The number of carbonyl (C=O) groups excluding carboxylic acids is 2. The van der Waals surface area contributed by atoms with E-state index in [1.807, 2.05) is 0 Å². The maximum Gasteiger partial charge on any atom is 0.337 e. The summed E-state index contributed by atoms with van der Waals surface area (Å²) in [5.74, 6) is 0.129. The number of benzene rings is 2. The molecule has 2 heterocycles. The second-order valence-electron chi connectivity index (χ2n) is 7.00. The van der Waals surface area contributed by atoms with Crippen LogP contribution in [-0.4, -0.2) is 35.7 Å². The lowest BCUT2D eigenvalue weighted by Gasteiger charge is -2.17. The first kappa shape index (κ1) is 19.8. The molecule has 0 aliphatic carbocycles. The van der Waals surface area contributed by atoms with Gasteiger partial charge in [0.1, 0.15) is 5.82 Å². The molecule has 0 fully saturated rings. The molecule has 3 aromatic rings. The van der Waals surface area contributed by atoms with Crippen molar-refractivity contribution in [1.29, 1.82) is 0 Å². The molecule has 8 heteroatoms. The first-order valence-corrected chi connectivity index (χ1v) is 9.65. The van der Waals surface area contributed by atoms with Crippen LogP contribution in [0.2, 0.25) is 0 Å². The van der Waals surface area contributed by atoms with Crippen LogP contribution in [0, 0.1) is 5.82 Å². The van der Waals surface area contributed by atoms with Gasteiger partial charge in [0, 0.05) is 30.6 Å². The third kappa shape index (κ3) is 4.07. The third-order valence-electron chi connectivity index (χ3n) is 5.05. The van der Waals surface area contributed by atoms with Crippen molar-refractivity contribution in [2.45, 2.75) is 25.7 Å². The fourth-order valence-corrected chi connectivity index (χ4v) is 3.50. The fourth-order valence-electron chi connectivity index (χ4n) is 3.50. The van der Waals surface area contributed by atoms with Crippen LogP contribution in [0.15, 0.2) is 47.0 Å². The van der Waals surface area contributed by atoms with Crippen LogP contribution >= 0.6 is 0 Å². The molecule has 2 aromatic carbocycles. The Bertz CT molecular complexity index is 1080. The molecule has 0 radical (unpaired) electrons. The normalized spacial score (nSPS) is 12.7. The van der Waals surface area contributed by atoms with Crippen LogP contribution in [0.3, 0.4) is 0 Å². The van der Waals surface area contributed by atoms with Gasteiger partial charge < -0.3 is 14.2 Å². The molecule has 0 spiro atoms. The van der Waals surface area contributed by atoms with Crippen molar-refractivity contribution in [1.82, 2.24) is 10.1 Å². The Morgan fingerprint density at radius 3 is 2.77 bits per heavy atom. The Labute approximate surface area is 172 Å². The topological polar surface area (TPSA) is 85.5 Å². The standard InChI is InChI=1S/C22H20FN3O4/c1-29-22(28)16-7-10-18-15(13-16)11-12-26(18)20(27)4-2-3-19-24-21(25-30-19)14-5-8-17(23)9-6-14/h5-10,13H,2-4,11-12H2,1H3. The van der Waals surface area contributed by atoms with Crippen molar-refractivity contribution in [3.8, 4) is 11.4 Å². The van der Waals surface area contributed by atoms with E-state index in [1.165, 1.54) is 19.2 Å². The van der Waals surface area contributed by atoms with Gasteiger partial charge >= 0.3 is 5.97 Å². The Kier molecular flexibility index (Phi) is 5.56. The van der Waals surface area contributed by atoms with Crippen molar-refractivity contribution in [3.63, 3.8) is 0 Å². The van der Waals surface area contributed by atoms with Crippen molar-refractivity contribution >= 4 is 17.6 Å². The van der Waals surface area contributed by atoms with E-state index < -0.39 is 0 Å². The van der Waals surface area contributed by atoms with Gasteiger partial charge in [-0.15, -0.1) is 0 Å². The molecular weight excluding hydrogens is 389 g/mol. The number of aryl methyl sites for hydroxylation is 1. The smallest absolute Gasteiger partial charge is 0.337 e. The van der Waals surface area contributed by atoms with E-state index in [0.29, 0.717) is 55.1 Å². The highest BCUT2D eigenvalue weighted by Gasteiger charge is 2.25. The quantitative estimate of drug-likeness (QED) is 0.579. The van der Waals surface area contributed by atoms with E-state index in [-0.39, 0.29) is 17.7 Å². The average Bonchev–Trinajstić information content (AvgIpc) is 3.40. The molecular formula is C22H20FN3O4. The summed E-state index contributed by atoms with van der Waals surface area (Å²) in [6, 6.07) is 11.1. The van der Waals surface area contributed by atoms with Crippen molar-refractivity contribution < 1.29 is 23.2 Å². The molecule has 30 heavy (non-hydrogen) atoms. The van der Waals surface area contributed by atoms with Crippen LogP contribution < -0.4 is 4.90 Å². The van der Waals surface area contributed by atoms with Crippen LogP contribution in [-0.2, 0) is 22.4 Å². The maximum absolute atomic E-state index is 13.0. The molecule has 4 rings (SSSR count). The predicted molar refractivity (Wildman–Crippen MR) is 106 cm³/mol. The summed E-state index contributed by atoms with van der Waals surface area (Å²) >= 11 is 0. The molecule has 7 nitrogen and oxygen atoms in total. The summed E-state index contributed by atoms with van der Waals surface area (Å²) in [7, 11) is 1.34. The van der Waals surface area contributed by atoms with Gasteiger partial charge in [0.25, 0.3) is 0 Å². The molecule has 0 atom stereocenters. The predicted octanol–water partition coefficient (Wildman–Crippen LogP) is 3.57. The minimum Gasteiger partial charge on any atom is -0.465 e. The zero-order chi connectivity index (χ0) is 21.1. The molecule has 0 unspecified atom stereocenters. The molecule has 1 aliphatic rings. The number of rotatable bonds is 6. The van der Waals surface area contributed by atoms with Crippen molar-refractivity contribution in [3.05, 3.63) is 65.3 Å². The lowest BCUT2D eigenvalue weighted by molar-refractivity contribution is -0.118. The second kappa shape index (κ2) is 8.44. The van der Waals surface area contributed by atoms with E-state index in [9.17, 15) is 14.0 Å². The van der Waals surface area contributed by atoms with Crippen LogP contribution in [0.5, 0.6) is 0 Å². The molecule has 154 valence electrons. The van der Waals surface area contributed by atoms with Gasteiger partial charge in [0.2, 0.25) is 17.6 Å². The van der Waals surface area contributed by atoms with E-state index in [1.54, 1.807) is 35.2 Å². The minimum atomic E-state index is -0.387. The van der Waals surface area contributed by atoms with Gasteiger partial charge in [-0.3, -0.25) is 4.79 Å². The van der Waals surface area contributed by atoms with E-state index in [0.717, 1.165) is 11.3 Å². The Morgan fingerprint density at radius 2 is 2.00 bits per heavy atom. The van der Waals surface area contributed by atoms with Crippen LogP contribution in [0.4, 0.5) is 10.1 Å². The number of aromatic nitrogens is 2. The first-order valence-electron chi connectivity index (χ1n) is 9.65. The third-order valence-corrected chi connectivity index (χ3v) is 5.05. The second-order valence-corrected chi connectivity index (χ2v) is 7.00. The number of hydrogen-bond acceptors (Lipinski definition) is 6. The highest BCUT2D eigenvalue weighted by molar-refractivity contribution is 5.97.